The molecular formula is C18H15NOS. The lowest BCUT2D eigenvalue weighted by molar-refractivity contribution is 0.306. The first kappa shape index (κ1) is 13.6. The fourth-order valence-corrected chi connectivity index (χ4v) is 2.50. The highest BCUT2D eigenvalue weighted by Gasteiger charge is 2.05. The lowest BCUT2D eigenvalue weighted by Crippen LogP contribution is -2.13. The molecular weight excluding hydrogens is 278 g/mol. The molecule has 0 aromatic heterocycles. The maximum atomic E-state index is 5.88. The highest BCUT2D eigenvalue weighted by atomic mass is 32.1. The molecule has 3 aromatic carbocycles. The summed E-state index contributed by atoms with van der Waals surface area (Å²) >= 11 is 5.07. The van der Waals surface area contributed by atoms with Crippen molar-refractivity contribution in [1.82, 2.24) is 0 Å². The molecule has 0 fully saturated rings. The monoisotopic (exact) mass is 293 g/mol. The molecule has 0 atom stereocenters. The van der Waals surface area contributed by atoms with Crippen molar-refractivity contribution in [2.24, 2.45) is 5.73 Å². The molecule has 0 saturated heterocycles. The molecule has 21 heavy (non-hydrogen) atoms. The van der Waals surface area contributed by atoms with Crippen molar-refractivity contribution >= 4 is 28.0 Å². The van der Waals surface area contributed by atoms with Crippen molar-refractivity contribution in [1.29, 1.82) is 0 Å². The number of ether oxygens (including phenoxy) is 1. The molecule has 0 bridgehead atoms. The van der Waals surface area contributed by atoms with Crippen LogP contribution in [0.5, 0.6) is 5.75 Å². The Labute approximate surface area is 129 Å². The van der Waals surface area contributed by atoms with E-state index in [0.717, 1.165) is 22.3 Å². The van der Waals surface area contributed by atoms with Crippen LogP contribution in [-0.2, 0) is 6.61 Å². The maximum absolute atomic E-state index is 5.88. The number of hydrogen-bond donors (Lipinski definition) is 1. The fraction of sp³-hybridized carbons (Fsp3) is 0.0556. The third-order valence-electron chi connectivity index (χ3n) is 3.40. The second-order valence-electron chi connectivity index (χ2n) is 4.82. The van der Waals surface area contributed by atoms with Crippen molar-refractivity contribution in [2.75, 3.05) is 0 Å². The molecule has 0 unspecified atom stereocenters. The molecule has 0 saturated carbocycles. The number of fused-ring (bicyclic) bond motifs is 1. The first-order valence-electron chi connectivity index (χ1n) is 6.73. The van der Waals surface area contributed by atoms with E-state index in [-0.39, 0.29) is 0 Å². The fourth-order valence-electron chi connectivity index (χ4n) is 2.30. The second kappa shape index (κ2) is 5.94. The summed E-state index contributed by atoms with van der Waals surface area (Å²) in [6, 6.07) is 22.1. The zero-order valence-corrected chi connectivity index (χ0v) is 12.3. The molecule has 0 aliphatic rings. The number of rotatable bonds is 4. The van der Waals surface area contributed by atoms with Gasteiger partial charge in [0.2, 0.25) is 0 Å². The van der Waals surface area contributed by atoms with Crippen molar-refractivity contribution in [3.05, 3.63) is 77.9 Å². The zero-order chi connectivity index (χ0) is 14.7. The minimum Gasteiger partial charge on any atom is -0.489 e. The topological polar surface area (TPSA) is 35.2 Å². The van der Waals surface area contributed by atoms with E-state index in [2.05, 4.69) is 18.2 Å². The molecule has 0 aliphatic carbocycles. The van der Waals surface area contributed by atoms with Gasteiger partial charge in [-0.2, -0.15) is 0 Å². The highest BCUT2D eigenvalue weighted by Crippen LogP contribution is 2.22. The van der Waals surface area contributed by atoms with E-state index in [0.29, 0.717) is 11.6 Å². The number of hydrogen-bond acceptors (Lipinski definition) is 2. The van der Waals surface area contributed by atoms with Crippen LogP contribution in [0.2, 0.25) is 0 Å². The van der Waals surface area contributed by atoms with Gasteiger partial charge in [-0.25, -0.2) is 0 Å². The van der Waals surface area contributed by atoms with E-state index < -0.39 is 0 Å². The van der Waals surface area contributed by atoms with Gasteiger partial charge in [0.25, 0.3) is 0 Å². The smallest absolute Gasteiger partial charge is 0.120 e. The van der Waals surface area contributed by atoms with Crippen LogP contribution in [0.25, 0.3) is 10.8 Å². The Hall–Kier alpha value is -2.39. The molecule has 3 heteroatoms. The lowest BCUT2D eigenvalue weighted by Gasteiger charge is -2.10. The summed E-state index contributed by atoms with van der Waals surface area (Å²) in [6.07, 6.45) is 0. The van der Waals surface area contributed by atoms with E-state index in [9.17, 15) is 0 Å². The summed E-state index contributed by atoms with van der Waals surface area (Å²) in [4.78, 5) is 0.396. The molecule has 0 heterocycles. The maximum Gasteiger partial charge on any atom is 0.120 e. The van der Waals surface area contributed by atoms with E-state index in [4.69, 9.17) is 22.7 Å². The summed E-state index contributed by atoms with van der Waals surface area (Å²) in [5.74, 6) is 0.839. The van der Waals surface area contributed by atoms with E-state index >= 15 is 0 Å². The number of thiocarbonyl (C=S) groups is 1. The van der Waals surface area contributed by atoms with Crippen molar-refractivity contribution in [2.45, 2.75) is 6.61 Å². The van der Waals surface area contributed by atoms with Crippen molar-refractivity contribution in [3.8, 4) is 5.75 Å². The van der Waals surface area contributed by atoms with E-state index in [1.807, 2.05) is 48.5 Å². The van der Waals surface area contributed by atoms with Crippen molar-refractivity contribution < 1.29 is 4.74 Å². The van der Waals surface area contributed by atoms with Gasteiger partial charge in [-0.05, 0) is 28.5 Å². The van der Waals surface area contributed by atoms with Crippen LogP contribution in [0.4, 0.5) is 0 Å². The van der Waals surface area contributed by atoms with E-state index in [1.54, 1.807) is 0 Å². The Morgan fingerprint density at radius 2 is 1.62 bits per heavy atom. The van der Waals surface area contributed by atoms with Crippen LogP contribution in [0.3, 0.4) is 0 Å². The van der Waals surface area contributed by atoms with Gasteiger partial charge >= 0.3 is 0 Å². The largest absolute Gasteiger partial charge is 0.489 e. The second-order valence-corrected chi connectivity index (χ2v) is 5.26. The Morgan fingerprint density at radius 1 is 0.905 bits per heavy atom. The third-order valence-corrected chi connectivity index (χ3v) is 3.62. The average molecular weight is 293 g/mol. The van der Waals surface area contributed by atoms with Crippen LogP contribution in [-0.4, -0.2) is 4.99 Å². The summed E-state index contributed by atoms with van der Waals surface area (Å²) in [6.45, 7) is 0.450. The number of nitrogens with two attached hydrogens (primary N) is 1. The van der Waals surface area contributed by atoms with Gasteiger partial charge in [0.1, 0.15) is 17.3 Å². The molecule has 2 N–H and O–H groups in total. The summed E-state index contributed by atoms with van der Waals surface area (Å²) in [7, 11) is 0. The SMILES string of the molecule is NC(=S)c1ccccc1COc1ccc2ccccc2c1. The zero-order valence-electron chi connectivity index (χ0n) is 11.5. The van der Waals surface area contributed by atoms with Gasteiger partial charge in [-0.1, -0.05) is 66.8 Å². The average Bonchev–Trinajstić information content (AvgIpc) is 2.53. The first-order valence-corrected chi connectivity index (χ1v) is 7.14. The Morgan fingerprint density at radius 3 is 2.43 bits per heavy atom. The van der Waals surface area contributed by atoms with Gasteiger partial charge in [0.05, 0.1) is 0 Å². The highest BCUT2D eigenvalue weighted by molar-refractivity contribution is 7.80. The van der Waals surface area contributed by atoms with Gasteiger partial charge in [0, 0.05) is 5.56 Å². The normalized spacial score (nSPS) is 10.5. The molecule has 3 rings (SSSR count). The van der Waals surface area contributed by atoms with E-state index in [1.165, 1.54) is 5.39 Å². The first-order chi connectivity index (χ1) is 10.2. The minimum atomic E-state index is 0.396. The molecule has 0 amide bonds. The van der Waals surface area contributed by atoms with Gasteiger partial charge in [-0.3, -0.25) is 0 Å². The summed E-state index contributed by atoms with van der Waals surface area (Å²) in [5.41, 5.74) is 7.60. The van der Waals surface area contributed by atoms with Crippen LogP contribution >= 0.6 is 12.2 Å². The van der Waals surface area contributed by atoms with Gasteiger partial charge in [-0.15, -0.1) is 0 Å². The number of benzene rings is 3. The van der Waals surface area contributed by atoms with Gasteiger partial charge in [0.15, 0.2) is 0 Å². The van der Waals surface area contributed by atoms with Gasteiger partial charge < -0.3 is 10.5 Å². The predicted octanol–water partition coefficient (Wildman–Crippen LogP) is 4.05. The standard InChI is InChI=1S/C18H15NOS/c19-18(21)17-8-4-3-7-15(17)12-20-16-10-9-13-5-1-2-6-14(13)11-16/h1-11H,12H2,(H2,19,21). The quantitative estimate of drug-likeness (QED) is 0.737. The van der Waals surface area contributed by atoms with Crippen LogP contribution in [0, 0.1) is 0 Å². The predicted molar refractivity (Wildman–Crippen MR) is 90.6 cm³/mol. The molecule has 3 aromatic rings. The Kier molecular flexibility index (Phi) is 3.84. The van der Waals surface area contributed by atoms with Crippen LogP contribution < -0.4 is 10.5 Å². The summed E-state index contributed by atoms with van der Waals surface area (Å²) < 4.78 is 5.88. The van der Waals surface area contributed by atoms with Crippen LogP contribution in [0.15, 0.2) is 66.7 Å². The Balaban J connectivity index is 1.82. The van der Waals surface area contributed by atoms with Crippen molar-refractivity contribution in [3.63, 3.8) is 0 Å². The van der Waals surface area contributed by atoms with Crippen LogP contribution in [0.1, 0.15) is 11.1 Å². The third kappa shape index (κ3) is 3.03. The summed E-state index contributed by atoms with van der Waals surface area (Å²) in [5, 5.41) is 2.37. The molecule has 104 valence electrons. The Bertz CT molecular complexity index is 798. The molecule has 0 aliphatic heterocycles. The molecule has 0 spiro atoms. The molecule has 0 radical (unpaired) electrons. The lowest BCUT2D eigenvalue weighted by atomic mass is 10.1. The minimum absolute atomic E-state index is 0.396. The molecule has 2 nitrogen and oxygen atoms in total.